The highest BCUT2D eigenvalue weighted by molar-refractivity contribution is 5.92. The molecule has 3 nitrogen and oxygen atoms in total. The van der Waals surface area contributed by atoms with E-state index in [0.717, 1.165) is 17.8 Å². The van der Waals surface area contributed by atoms with Gasteiger partial charge in [0.25, 0.3) is 0 Å². The molecule has 1 amide bonds. The van der Waals surface area contributed by atoms with Gasteiger partial charge >= 0.3 is 0 Å². The van der Waals surface area contributed by atoms with E-state index >= 15 is 0 Å². The van der Waals surface area contributed by atoms with Crippen LogP contribution in [-0.2, 0) is 4.79 Å². The largest absolute Gasteiger partial charge is 0.382 e. The molecule has 2 N–H and O–H groups in total. The van der Waals surface area contributed by atoms with E-state index in [1.54, 1.807) is 0 Å². The smallest absolute Gasteiger partial charge is 0.226 e. The first-order valence-corrected chi connectivity index (χ1v) is 7.11. The van der Waals surface area contributed by atoms with Gasteiger partial charge in [-0.2, -0.15) is 0 Å². The van der Waals surface area contributed by atoms with Crippen molar-refractivity contribution < 1.29 is 4.79 Å². The van der Waals surface area contributed by atoms with Gasteiger partial charge in [0.2, 0.25) is 5.91 Å². The maximum absolute atomic E-state index is 11.7. The standard InChI is InChI=1S/C16H26N2O/c1-6-12(4)13(5)17-14-8-7-9-15(10-14)18-16(19)11(2)3/h7-13,17H,6H2,1-5H3,(H,18,19). The molecule has 0 spiro atoms. The predicted octanol–water partition coefficient (Wildman–Crippen LogP) is 4.13. The number of carbonyl (C=O) groups is 1. The molecule has 0 bridgehead atoms. The van der Waals surface area contributed by atoms with Crippen LogP contribution in [-0.4, -0.2) is 11.9 Å². The summed E-state index contributed by atoms with van der Waals surface area (Å²) in [5.41, 5.74) is 1.90. The molecule has 0 aliphatic rings. The van der Waals surface area contributed by atoms with Gasteiger partial charge in [0.1, 0.15) is 0 Å². The minimum atomic E-state index is -0.00403. The zero-order chi connectivity index (χ0) is 14.4. The molecule has 0 aliphatic carbocycles. The third-order valence-electron chi connectivity index (χ3n) is 3.55. The Balaban J connectivity index is 2.69. The van der Waals surface area contributed by atoms with Crippen molar-refractivity contribution in [3.05, 3.63) is 24.3 Å². The lowest BCUT2D eigenvalue weighted by atomic mass is 10.0. The number of hydrogen-bond donors (Lipinski definition) is 2. The van der Waals surface area contributed by atoms with Crippen LogP contribution in [0.3, 0.4) is 0 Å². The molecule has 3 heteroatoms. The van der Waals surface area contributed by atoms with Crippen molar-refractivity contribution in [1.29, 1.82) is 0 Å². The molecule has 1 rings (SSSR count). The molecular weight excluding hydrogens is 236 g/mol. The summed E-state index contributed by atoms with van der Waals surface area (Å²) in [4.78, 5) is 11.7. The van der Waals surface area contributed by atoms with Gasteiger partial charge in [-0.3, -0.25) is 4.79 Å². The van der Waals surface area contributed by atoms with Crippen molar-refractivity contribution >= 4 is 17.3 Å². The molecule has 1 aromatic carbocycles. The van der Waals surface area contributed by atoms with E-state index in [0.29, 0.717) is 12.0 Å². The second-order valence-corrected chi connectivity index (χ2v) is 5.54. The molecule has 0 saturated heterocycles. The number of amides is 1. The Labute approximate surface area is 116 Å². The van der Waals surface area contributed by atoms with Gasteiger partial charge in [-0.05, 0) is 31.0 Å². The quantitative estimate of drug-likeness (QED) is 0.809. The van der Waals surface area contributed by atoms with Gasteiger partial charge < -0.3 is 10.6 Å². The molecule has 106 valence electrons. The van der Waals surface area contributed by atoms with E-state index in [1.165, 1.54) is 0 Å². The van der Waals surface area contributed by atoms with Crippen LogP contribution in [0.4, 0.5) is 11.4 Å². The molecule has 0 fully saturated rings. The van der Waals surface area contributed by atoms with Crippen LogP contribution in [0.1, 0.15) is 41.0 Å². The SMILES string of the molecule is CCC(C)C(C)Nc1cccc(NC(=O)C(C)C)c1. The van der Waals surface area contributed by atoms with Crippen molar-refractivity contribution in [2.75, 3.05) is 10.6 Å². The van der Waals surface area contributed by atoms with Gasteiger partial charge in [-0.1, -0.05) is 40.2 Å². The first-order valence-electron chi connectivity index (χ1n) is 7.11. The average Bonchev–Trinajstić information content (AvgIpc) is 2.37. The molecule has 19 heavy (non-hydrogen) atoms. The van der Waals surface area contributed by atoms with Crippen LogP contribution in [0.5, 0.6) is 0 Å². The summed E-state index contributed by atoms with van der Waals surface area (Å²) < 4.78 is 0. The van der Waals surface area contributed by atoms with E-state index in [9.17, 15) is 4.79 Å². The summed E-state index contributed by atoms with van der Waals surface area (Å²) in [6.45, 7) is 10.4. The van der Waals surface area contributed by atoms with E-state index in [4.69, 9.17) is 0 Å². The van der Waals surface area contributed by atoms with Crippen molar-refractivity contribution in [2.24, 2.45) is 11.8 Å². The molecule has 2 atom stereocenters. The summed E-state index contributed by atoms with van der Waals surface area (Å²) in [5, 5.41) is 6.40. The van der Waals surface area contributed by atoms with Crippen LogP contribution < -0.4 is 10.6 Å². The number of anilines is 2. The molecule has 1 aromatic rings. The number of rotatable bonds is 6. The third kappa shape index (κ3) is 4.93. The molecule has 0 radical (unpaired) electrons. The molecule has 2 unspecified atom stereocenters. The van der Waals surface area contributed by atoms with Gasteiger partial charge in [0, 0.05) is 23.3 Å². The fourth-order valence-corrected chi connectivity index (χ4v) is 1.73. The monoisotopic (exact) mass is 262 g/mol. The fourth-order valence-electron chi connectivity index (χ4n) is 1.73. The highest BCUT2D eigenvalue weighted by Gasteiger charge is 2.11. The number of hydrogen-bond acceptors (Lipinski definition) is 2. The van der Waals surface area contributed by atoms with E-state index < -0.39 is 0 Å². The third-order valence-corrected chi connectivity index (χ3v) is 3.55. The number of carbonyl (C=O) groups excluding carboxylic acids is 1. The van der Waals surface area contributed by atoms with Crippen LogP contribution in [0.15, 0.2) is 24.3 Å². The first-order chi connectivity index (χ1) is 8.93. The van der Waals surface area contributed by atoms with Crippen LogP contribution in [0, 0.1) is 11.8 Å². The van der Waals surface area contributed by atoms with Crippen molar-refractivity contribution in [1.82, 2.24) is 0 Å². The Kier molecular flexibility index (Phi) is 5.87. The molecule has 0 aromatic heterocycles. The van der Waals surface area contributed by atoms with Gasteiger partial charge in [-0.15, -0.1) is 0 Å². The first kappa shape index (κ1) is 15.5. The second kappa shape index (κ2) is 7.17. The second-order valence-electron chi connectivity index (χ2n) is 5.54. The zero-order valence-corrected chi connectivity index (χ0v) is 12.7. The van der Waals surface area contributed by atoms with Gasteiger partial charge in [0.05, 0.1) is 0 Å². The summed E-state index contributed by atoms with van der Waals surface area (Å²) in [5.74, 6) is 0.664. The lowest BCUT2D eigenvalue weighted by molar-refractivity contribution is -0.118. The normalized spacial score (nSPS) is 14.0. The predicted molar refractivity (Wildman–Crippen MR) is 82.4 cm³/mol. The Hall–Kier alpha value is -1.51. The molecule has 0 aliphatic heterocycles. The van der Waals surface area contributed by atoms with Gasteiger partial charge in [-0.25, -0.2) is 0 Å². The lowest BCUT2D eigenvalue weighted by Gasteiger charge is -2.21. The van der Waals surface area contributed by atoms with Crippen molar-refractivity contribution in [3.63, 3.8) is 0 Å². The summed E-state index contributed by atoms with van der Waals surface area (Å²) in [6.07, 6.45) is 1.15. The highest BCUT2D eigenvalue weighted by Crippen LogP contribution is 2.19. The Morgan fingerprint density at radius 3 is 2.37 bits per heavy atom. The van der Waals surface area contributed by atoms with E-state index in [2.05, 4.69) is 31.4 Å². The minimum Gasteiger partial charge on any atom is -0.382 e. The lowest BCUT2D eigenvalue weighted by Crippen LogP contribution is -2.23. The Morgan fingerprint density at radius 2 is 1.79 bits per heavy atom. The molecule has 0 heterocycles. The van der Waals surface area contributed by atoms with Crippen LogP contribution >= 0.6 is 0 Å². The summed E-state index contributed by atoms with van der Waals surface area (Å²) >= 11 is 0. The maximum atomic E-state index is 11.7. The van der Waals surface area contributed by atoms with Crippen LogP contribution in [0.25, 0.3) is 0 Å². The number of nitrogens with one attached hydrogen (secondary N) is 2. The van der Waals surface area contributed by atoms with Crippen LogP contribution in [0.2, 0.25) is 0 Å². The minimum absolute atomic E-state index is 0.00403. The van der Waals surface area contributed by atoms with Gasteiger partial charge in [0.15, 0.2) is 0 Å². The Morgan fingerprint density at radius 1 is 1.16 bits per heavy atom. The summed E-state index contributed by atoms with van der Waals surface area (Å²) in [6, 6.07) is 8.31. The maximum Gasteiger partial charge on any atom is 0.226 e. The average molecular weight is 262 g/mol. The van der Waals surface area contributed by atoms with E-state index in [-0.39, 0.29) is 11.8 Å². The van der Waals surface area contributed by atoms with Crippen molar-refractivity contribution in [3.8, 4) is 0 Å². The molecule has 0 saturated carbocycles. The fraction of sp³-hybridized carbons (Fsp3) is 0.562. The zero-order valence-electron chi connectivity index (χ0n) is 12.7. The van der Waals surface area contributed by atoms with E-state index in [1.807, 2.05) is 38.1 Å². The summed E-state index contributed by atoms with van der Waals surface area (Å²) in [7, 11) is 0. The number of benzene rings is 1. The highest BCUT2D eigenvalue weighted by atomic mass is 16.1. The van der Waals surface area contributed by atoms with Crippen molar-refractivity contribution in [2.45, 2.75) is 47.1 Å². The Bertz CT molecular complexity index is 415. The molecular formula is C16H26N2O. The topological polar surface area (TPSA) is 41.1 Å².